The number of unbranched alkanes of at least 4 members (excludes halogenated alkanes) is 12. The molecule has 0 aliphatic carbocycles. The third-order valence-corrected chi connectivity index (χ3v) is 6.38. The summed E-state index contributed by atoms with van der Waals surface area (Å²) < 4.78 is 0. The standard InChI is InChI=1S/C28H43NO3/c1-3-5-7-9-11-13-15-21-25(30)27-23-19-17-18-20-24(23)29(28(27)32)26(31)22-16-14-12-10-8-6-4-2/h17-20,30H,3-16,21-22H2,1-2H3. The minimum Gasteiger partial charge on any atom is -0.511 e. The molecular formula is C28H43NO3. The first-order valence-corrected chi connectivity index (χ1v) is 13.0. The van der Waals surface area contributed by atoms with Crippen molar-refractivity contribution in [1.29, 1.82) is 0 Å². The lowest BCUT2D eigenvalue weighted by Crippen LogP contribution is -2.33. The van der Waals surface area contributed by atoms with E-state index in [1.54, 1.807) is 0 Å². The van der Waals surface area contributed by atoms with Crippen LogP contribution in [0.2, 0.25) is 0 Å². The lowest BCUT2D eigenvalue weighted by atomic mass is 10.0. The van der Waals surface area contributed by atoms with Gasteiger partial charge in [-0.2, -0.15) is 0 Å². The molecule has 2 amide bonds. The molecule has 0 aromatic heterocycles. The third kappa shape index (κ3) is 7.79. The van der Waals surface area contributed by atoms with Crippen LogP contribution in [0.25, 0.3) is 5.57 Å². The molecule has 178 valence electrons. The molecule has 1 N–H and O–H groups in total. The Morgan fingerprint density at radius 1 is 0.750 bits per heavy atom. The number of nitrogens with zero attached hydrogens (tertiary/aromatic N) is 1. The second-order valence-corrected chi connectivity index (χ2v) is 9.12. The SMILES string of the molecule is CCCCCCCCCC(=O)N1C(=O)C(=C(O)CCCCCCCCC)c2ccccc21. The highest BCUT2D eigenvalue weighted by Crippen LogP contribution is 2.39. The number of aliphatic hydroxyl groups is 1. The summed E-state index contributed by atoms with van der Waals surface area (Å²) in [6.07, 6.45) is 16.9. The Kier molecular flexibility index (Phi) is 12.2. The molecule has 1 aromatic carbocycles. The highest BCUT2D eigenvalue weighted by Gasteiger charge is 2.38. The number of aliphatic hydroxyl groups excluding tert-OH is 1. The van der Waals surface area contributed by atoms with Gasteiger partial charge in [0.15, 0.2) is 0 Å². The summed E-state index contributed by atoms with van der Waals surface area (Å²) in [5, 5.41) is 10.7. The molecule has 1 heterocycles. The van der Waals surface area contributed by atoms with Crippen LogP contribution in [0.4, 0.5) is 5.69 Å². The highest BCUT2D eigenvalue weighted by atomic mass is 16.3. The van der Waals surface area contributed by atoms with E-state index in [1.807, 2.05) is 24.3 Å². The second kappa shape index (κ2) is 14.9. The summed E-state index contributed by atoms with van der Waals surface area (Å²) in [4.78, 5) is 27.3. The van der Waals surface area contributed by atoms with Gasteiger partial charge >= 0.3 is 0 Å². The van der Waals surface area contributed by atoms with Gasteiger partial charge < -0.3 is 5.11 Å². The zero-order chi connectivity index (χ0) is 23.2. The Bertz CT molecular complexity index is 753. The van der Waals surface area contributed by atoms with E-state index < -0.39 is 0 Å². The number of allylic oxidation sites excluding steroid dienone is 1. The van der Waals surface area contributed by atoms with Gasteiger partial charge in [-0.3, -0.25) is 9.59 Å². The van der Waals surface area contributed by atoms with Crippen LogP contribution in [0.5, 0.6) is 0 Å². The molecule has 0 unspecified atom stereocenters. The molecule has 32 heavy (non-hydrogen) atoms. The van der Waals surface area contributed by atoms with Crippen LogP contribution in [0.15, 0.2) is 30.0 Å². The van der Waals surface area contributed by atoms with Gasteiger partial charge in [-0.15, -0.1) is 0 Å². The lowest BCUT2D eigenvalue weighted by molar-refractivity contribution is -0.123. The number of hydrogen-bond donors (Lipinski definition) is 1. The molecule has 4 nitrogen and oxygen atoms in total. The summed E-state index contributed by atoms with van der Waals surface area (Å²) in [5.41, 5.74) is 1.62. The van der Waals surface area contributed by atoms with Crippen molar-refractivity contribution in [3.05, 3.63) is 35.6 Å². The molecule has 0 atom stereocenters. The molecule has 0 saturated carbocycles. The van der Waals surface area contributed by atoms with Crippen LogP contribution in [0.3, 0.4) is 0 Å². The average Bonchev–Trinajstić information content (AvgIpc) is 3.09. The number of carbonyl (C=O) groups excluding carboxylic acids is 2. The third-order valence-electron chi connectivity index (χ3n) is 6.38. The molecule has 4 heteroatoms. The Morgan fingerprint density at radius 2 is 1.25 bits per heavy atom. The van der Waals surface area contributed by atoms with Gasteiger partial charge in [0.2, 0.25) is 5.91 Å². The fourth-order valence-electron chi connectivity index (χ4n) is 4.46. The fraction of sp³-hybridized carbons (Fsp3) is 0.643. The summed E-state index contributed by atoms with van der Waals surface area (Å²) in [6, 6.07) is 7.35. The Labute approximate surface area is 195 Å². The number of hydrogen-bond acceptors (Lipinski definition) is 3. The predicted octanol–water partition coefficient (Wildman–Crippen LogP) is 8.11. The van der Waals surface area contributed by atoms with Crippen molar-refractivity contribution in [1.82, 2.24) is 0 Å². The van der Waals surface area contributed by atoms with Crippen LogP contribution < -0.4 is 4.90 Å². The van der Waals surface area contributed by atoms with Gasteiger partial charge in [-0.25, -0.2) is 4.90 Å². The highest BCUT2D eigenvalue weighted by molar-refractivity contribution is 6.40. The Hall–Kier alpha value is -2.10. The molecule has 1 aromatic rings. The monoisotopic (exact) mass is 441 g/mol. The first kappa shape index (κ1) is 26.2. The summed E-state index contributed by atoms with van der Waals surface area (Å²) in [6.45, 7) is 4.42. The van der Waals surface area contributed by atoms with E-state index >= 15 is 0 Å². The first-order valence-electron chi connectivity index (χ1n) is 13.0. The van der Waals surface area contributed by atoms with E-state index in [0.717, 1.165) is 38.5 Å². The van der Waals surface area contributed by atoms with Gasteiger partial charge in [-0.1, -0.05) is 109 Å². The number of anilines is 1. The van der Waals surface area contributed by atoms with E-state index in [2.05, 4.69) is 13.8 Å². The Balaban J connectivity index is 1.92. The van der Waals surface area contributed by atoms with E-state index in [9.17, 15) is 14.7 Å². The van der Waals surface area contributed by atoms with E-state index in [-0.39, 0.29) is 17.6 Å². The van der Waals surface area contributed by atoms with Gasteiger partial charge in [0, 0.05) is 18.4 Å². The fourth-order valence-corrected chi connectivity index (χ4v) is 4.46. The van der Waals surface area contributed by atoms with Gasteiger partial charge in [0.1, 0.15) is 5.76 Å². The van der Waals surface area contributed by atoms with Crippen molar-refractivity contribution in [2.75, 3.05) is 4.90 Å². The molecule has 0 radical (unpaired) electrons. The maximum absolute atomic E-state index is 13.1. The average molecular weight is 442 g/mol. The number of amides is 2. The number of fused-ring (bicyclic) bond motifs is 1. The smallest absolute Gasteiger partial charge is 0.269 e. The van der Waals surface area contributed by atoms with Crippen LogP contribution >= 0.6 is 0 Å². The van der Waals surface area contributed by atoms with Crippen molar-refractivity contribution in [2.45, 2.75) is 117 Å². The number of rotatable bonds is 16. The van der Waals surface area contributed by atoms with E-state index in [1.165, 1.54) is 56.3 Å². The second-order valence-electron chi connectivity index (χ2n) is 9.12. The largest absolute Gasteiger partial charge is 0.511 e. The van der Waals surface area contributed by atoms with Crippen molar-refractivity contribution < 1.29 is 14.7 Å². The Morgan fingerprint density at radius 3 is 1.84 bits per heavy atom. The maximum Gasteiger partial charge on any atom is 0.269 e. The van der Waals surface area contributed by atoms with Crippen molar-refractivity contribution in [2.24, 2.45) is 0 Å². The van der Waals surface area contributed by atoms with Gasteiger partial charge in [0.25, 0.3) is 5.91 Å². The van der Waals surface area contributed by atoms with Crippen LogP contribution in [0.1, 0.15) is 122 Å². The zero-order valence-electron chi connectivity index (χ0n) is 20.3. The summed E-state index contributed by atoms with van der Waals surface area (Å²) >= 11 is 0. The predicted molar refractivity (Wildman–Crippen MR) is 134 cm³/mol. The number of para-hydroxylation sites is 1. The molecule has 2 rings (SSSR count). The lowest BCUT2D eigenvalue weighted by Gasteiger charge is -2.15. The quantitative estimate of drug-likeness (QED) is 0.160. The van der Waals surface area contributed by atoms with E-state index in [4.69, 9.17) is 0 Å². The molecular weight excluding hydrogens is 398 g/mol. The van der Waals surface area contributed by atoms with Crippen molar-refractivity contribution in [3.8, 4) is 0 Å². The molecule has 1 aliphatic rings. The zero-order valence-corrected chi connectivity index (χ0v) is 20.3. The van der Waals surface area contributed by atoms with Gasteiger partial charge in [0.05, 0.1) is 11.3 Å². The number of carbonyl (C=O) groups is 2. The van der Waals surface area contributed by atoms with Crippen LogP contribution in [0, 0.1) is 0 Å². The molecule has 0 fully saturated rings. The van der Waals surface area contributed by atoms with Gasteiger partial charge in [-0.05, 0) is 18.9 Å². The van der Waals surface area contributed by atoms with Crippen LogP contribution in [-0.2, 0) is 9.59 Å². The van der Waals surface area contributed by atoms with Crippen molar-refractivity contribution in [3.63, 3.8) is 0 Å². The molecule has 1 aliphatic heterocycles. The normalized spacial score (nSPS) is 14.7. The van der Waals surface area contributed by atoms with Crippen LogP contribution in [-0.4, -0.2) is 16.9 Å². The van der Waals surface area contributed by atoms with E-state index in [0.29, 0.717) is 29.7 Å². The number of benzene rings is 1. The molecule has 0 spiro atoms. The maximum atomic E-state index is 13.1. The summed E-state index contributed by atoms with van der Waals surface area (Å²) in [5.74, 6) is -0.392. The molecule has 0 saturated heterocycles. The number of imide groups is 1. The minimum atomic E-state index is -0.361. The topological polar surface area (TPSA) is 57.6 Å². The summed E-state index contributed by atoms with van der Waals surface area (Å²) in [7, 11) is 0. The first-order chi connectivity index (χ1) is 15.6. The van der Waals surface area contributed by atoms with Crippen molar-refractivity contribution >= 4 is 23.1 Å². The molecule has 0 bridgehead atoms. The minimum absolute atomic E-state index is 0.127.